The molecule has 0 radical (unpaired) electrons. The van der Waals surface area contributed by atoms with Crippen molar-refractivity contribution in [3.05, 3.63) is 23.8 Å². The van der Waals surface area contributed by atoms with Crippen molar-refractivity contribution in [2.75, 3.05) is 0 Å². The molecule has 1 unspecified atom stereocenters. The lowest BCUT2D eigenvalue weighted by Gasteiger charge is -2.27. The largest absolute Gasteiger partial charge is 0.375 e. The highest BCUT2D eigenvalue weighted by molar-refractivity contribution is 7.80. The summed E-state index contributed by atoms with van der Waals surface area (Å²) in [6.45, 7) is 0. The Kier molecular flexibility index (Phi) is 3.16. The van der Waals surface area contributed by atoms with Gasteiger partial charge >= 0.3 is 0 Å². The summed E-state index contributed by atoms with van der Waals surface area (Å²) in [5.41, 5.74) is 10.6. The molecule has 0 aromatic rings. The topological polar surface area (TPSA) is 50.4 Å². The smallest absolute Gasteiger partial charge is 0.184 e. The molecule has 2 aliphatic rings. The molecule has 0 amide bonds. The average Bonchev–Trinajstić information content (AvgIpc) is 2.26. The third-order valence-electron chi connectivity index (χ3n) is 2.91. The second-order valence-corrected chi connectivity index (χ2v) is 4.41. The quantitative estimate of drug-likeness (QED) is 0.525. The summed E-state index contributed by atoms with van der Waals surface area (Å²) in [5.74, 6) is 0.735. The van der Waals surface area contributed by atoms with Crippen LogP contribution >= 0.6 is 12.2 Å². The molecule has 0 bridgehead atoms. The van der Waals surface area contributed by atoms with Crippen molar-refractivity contribution in [3.63, 3.8) is 0 Å². The molecule has 2 rings (SSSR count). The molecule has 1 saturated carbocycles. The number of fused-ring (bicyclic) bond motifs is 1. The zero-order valence-corrected chi connectivity index (χ0v) is 9.39. The van der Waals surface area contributed by atoms with E-state index in [1.54, 1.807) is 0 Å². The standard InChI is InChI=1S/C11H15N3S/c12-11(15)14-13-10-6-5-8-3-1-2-4-9(8)7-10/h1-2,4,8H,3,5-7H2,(H3,12,14,15). The zero-order chi connectivity index (χ0) is 10.7. The number of nitrogens with one attached hydrogen (secondary N) is 1. The normalized spacial score (nSPS) is 27.1. The Labute approximate surface area is 95.1 Å². The fourth-order valence-electron chi connectivity index (χ4n) is 2.12. The SMILES string of the molecule is NC(=S)NN=C1CCC2CC=CC=C2C1. The number of rotatable bonds is 1. The Balaban J connectivity index is 2.01. The third-order valence-corrected chi connectivity index (χ3v) is 3.00. The summed E-state index contributed by atoms with van der Waals surface area (Å²) >= 11 is 4.71. The Hall–Kier alpha value is -1.16. The highest BCUT2D eigenvalue weighted by atomic mass is 32.1. The average molecular weight is 221 g/mol. The molecule has 2 aliphatic carbocycles. The Morgan fingerprint density at radius 1 is 1.60 bits per heavy atom. The van der Waals surface area contributed by atoms with Crippen molar-refractivity contribution < 1.29 is 0 Å². The van der Waals surface area contributed by atoms with Gasteiger partial charge < -0.3 is 5.73 Å². The minimum atomic E-state index is 0.238. The minimum Gasteiger partial charge on any atom is -0.375 e. The van der Waals surface area contributed by atoms with Crippen LogP contribution in [0.5, 0.6) is 0 Å². The molecule has 4 heteroatoms. The summed E-state index contributed by atoms with van der Waals surface area (Å²) in [6, 6.07) is 0. The van der Waals surface area contributed by atoms with Crippen molar-refractivity contribution >= 4 is 23.0 Å². The molecule has 0 aromatic carbocycles. The van der Waals surface area contributed by atoms with Gasteiger partial charge in [-0.25, -0.2) is 0 Å². The van der Waals surface area contributed by atoms with Crippen LogP contribution in [0.1, 0.15) is 25.7 Å². The van der Waals surface area contributed by atoms with Crippen LogP contribution in [0.3, 0.4) is 0 Å². The van der Waals surface area contributed by atoms with Gasteiger partial charge in [0.05, 0.1) is 0 Å². The molecule has 3 N–H and O–H groups in total. The first-order valence-electron chi connectivity index (χ1n) is 5.22. The molecular formula is C11H15N3S. The molecule has 1 atom stereocenters. The first-order valence-corrected chi connectivity index (χ1v) is 5.63. The van der Waals surface area contributed by atoms with Crippen LogP contribution in [0.15, 0.2) is 28.9 Å². The van der Waals surface area contributed by atoms with Crippen LogP contribution < -0.4 is 11.2 Å². The van der Waals surface area contributed by atoms with E-state index in [0.29, 0.717) is 0 Å². The van der Waals surface area contributed by atoms with Gasteiger partial charge in [0, 0.05) is 12.1 Å². The summed E-state index contributed by atoms with van der Waals surface area (Å²) in [4.78, 5) is 0. The van der Waals surface area contributed by atoms with Crippen LogP contribution in [0.2, 0.25) is 0 Å². The number of hydrazone groups is 1. The van der Waals surface area contributed by atoms with E-state index >= 15 is 0 Å². The zero-order valence-electron chi connectivity index (χ0n) is 8.57. The van der Waals surface area contributed by atoms with Gasteiger partial charge in [0.2, 0.25) is 0 Å². The van der Waals surface area contributed by atoms with Crippen molar-refractivity contribution in [3.8, 4) is 0 Å². The number of hydrogen-bond acceptors (Lipinski definition) is 2. The lowest BCUT2D eigenvalue weighted by molar-refractivity contribution is 0.543. The lowest BCUT2D eigenvalue weighted by Crippen LogP contribution is -2.27. The summed E-state index contributed by atoms with van der Waals surface area (Å²) < 4.78 is 0. The van der Waals surface area contributed by atoms with E-state index in [1.165, 1.54) is 18.4 Å². The summed E-state index contributed by atoms with van der Waals surface area (Å²) in [7, 11) is 0. The Morgan fingerprint density at radius 2 is 2.47 bits per heavy atom. The number of allylic oxidation sites excluding steroid dienone is 4. The second kappa shape index (κ2) is 4.57. The Bertz CT molecular complexity index is 355. The maximum atomic E-state index is 5.33. The molecule has 0 aliphatic heterocycles. The monoisotopic (exact) mass is 221 g/mol. The number of nitrogens with zero attached hydrogens (tertiary/aromatic N) is 1. The molecule has 0 saturated heterocycles. The highest BCUT2D eigenvalue weighted by Gasteiger charge is 2.22. The number of nitrogens with two attached hydrogens (primary N) is 1. The lowest BCUT2D eigenvalue weighted by atomic mass is 9.79. The molecule has 0 heterocycles. The van der Waals surface area contributed by atoms with Gasteiger partial charge in [-0.15, -0.1) is 0 Å². The van der Waals surface area contributed by atoms with Crippen molar-refractivity contribution in [1.82, 2.24) is 5.43 Å². The van der Waals surface area contributed by atoms with Gasteiger partial charge in [-0.3, -0.25) is 5.43 Å². The van der Waals surface area contributed by atoms with Crippen molar-refractivity contribution in [1.29, 1.82) is 0 Å². The third kappa shape index (κ3) is 2.65. The van der Waals surface area contributed by atoms with Crippen molar-refractivity contribution in [2.45, 2.75) is 25.7 Å². The predicted molar refractivity (Wildman–Crippen MR) is 66.5 cm³/mol. The van der Waals surface area contributed by atoms with E-state index in [-0.39, 0.29) is 5.11 Å². The van der Waals surface area contributed by atoms with E-state index < -0.39 is 0 Å². The molecule has 0 aromatic heterocycles. The van der Waals surface area contributed by atoms with Crippen LogP contribution in [0, 0.1) is 5.92 Å². The predicted octanol–water partition coefficient (Wildman–Crippen LogP) is 1.86. The molecular weight excluding hydrogens is 206 g/mol. The maximum Gasteiger partial charge on any atom is 0.184 e. The second-order valence-electron chi connectivity index (χ2n) is 3.97. The van der Waals surface area contributed by atoms with Gasteiger partial charge in [-0.1, -0.05) is 23.8 Å². The summed E-state index contributed by atoms with van der Waals surface area (Å²) in [5, 5.41) is 4.45. The fraction of sp³-hybridized carbons (Fsp3) is 0.455. The molecule has 80 valence electrons. The van der Waals surface area contributed by atoms with Crippen LogP contribution in [0.4, 0.5) is 0 Å². The van der Waals surface area contributed by atoms with Crippen LogP contribution in [0.25, 0.3) is 0 Å². The van der Waals surface area contributed by atoms with E-state index in [9.17, 15) is 0 Å². The van der Waals surface area contributed by atoms with E-state index in [2.05, 4.69) is 28.8 Å². The number of thiocarbonyl (C=S) groups is 1. The Morgan fingerprint density at radius 3 is 3.27 bits per heavy atom. The minimum absolute atomic E-state index is 0.238. The fourth-order valence-corrected chi connectivity index (χ4v) is 2.17. The maximum absolute atomic E-state index is 5.33. The summed E-state index contributed by atoms with van der Waals surface area (Å²) in [6.07, 6.45) is 11.0. The van der Waals surface area contributed by atoms with E-state index in [1.807, 2.05) is 0 Å². The van der Waals surface area contributed by atoms with E-state index in [4.69, 9.17) is 18.0 Å². The first-order chi connectivity index (χ1) is 7.25. The number of hydrogen-bond donors (Lipinski definition) is 2. The molecule has 0 spiro atoms. The van der Waals surface area contributed by atoms with Crippen LogP contribution in [-0.2, 0) is 0 Å². The molecule has 3 nitrogen and oxygen atoms in total. The van der Waals surface area contributed by atoms with Crippen LogP contribution in [-0.4, -0.2) is 10.8 Å². The molecule has 1 fully saturated rings. The molecule has 15 heavy (non-hydrogen) atoms. The van der Waals surface area contributed by atoms with Gasteiger partial charge in [0.15, 0.2) is 5.11 Å². The van der Waals surface area contributed by atoms with Gasteiger partial charge in [0.1, 0.15) is 0 Å². The van der Waals surface area contributed by atoms with Gasteiger partial charge in [-0.05, 0) is 37.4 Å². The highest BCUT2D eigenvalue weighted by Crippen LogP contribution is 2.32. The van der Waals surface area contributed by atoms with Gasteiger partial charge in [0.25, 0.3) is 0 Å². The van der Waals surface area contributed by atoms with Crippen molar-refractivity contribution in [2.24, 2.45) is 16.8 Å². The van der Waals surface area contributed by atoms with E-state index in [0.717, 1.165) is 24.5 Å². The van der Waals surface area contributed by atoms with Gasteiger partial charge in [-0.2, -0.15) is 5.10 Å². The first kappa shape index (κ1) is 10.4.